The van der Waals surface area contributed by atoms with Crippen molar-refractivity contribution in [1.29, 1.82) is 0 Å². The second kappa shape index (κ2) is 19.8. The van der Waals surface area contributed by atoms with Gasteiger partial charge in [0, 0.05) is 60.3 Å². The Morgan fingerprint density at radius 3 is 2.16 bits per heavy atom. The molecule has 0 saturated carbocycles. The van der Waals surface area contributed by atoms with Crippen LogP contribution in [0, 0.1) is 6.92 Å². The van der Waals surface area contributed by atoms with Crippen LogP contribution in [0.3, 0.4) is 0 Å². The van der Waals surface area contributed by atoms with E-state index in [4.69, 9.17) is 14.2 Å². The molecule has 1 N–H and O–H groups in total. The number of esters is 2. The third-order valence-electron chi connectivity index (χ3n) is 12.5. The molecule has 0 amide bonds. The Labute approximate surface area is 368 Å². The molecule has 3 aliphatic rings. The predicted octanol–water partition coefficient (Wildman–Crippen LogP) is 10.8. The van der Waals surface area contributed by atoms with E-state index in [1.807, 2.05) is 30.3 Å². The minimum absolute atomic E-state index is 0.134. The van der Waals surface area contributed by atoms with Crippen LogP contribution in [-0.4, -0.2) is 62.5 Å². The lowest BCUT2D eigenvalue weighted by Crippen LogP contribution is -2.28. The lowest BCUT2D eigenvalue weighted by molar-refractivity contribution is -0.438. The van der Waals surface area contributed by atoms with Gasteiger partial charge in [0.05, 0.1) is 24.5 Å². The molecule has 3 aromatic carbocycles. The van der Waals surface area contributed by atoms with Crippen molar-refractivity contribution in [2.45, 2.75) is 121 Å². The fraction of sp³-hybridized carbons (Fsp3) is 0.431. The Balaban J connectivity index is 1.39. The van der Waals surface area contributed by atoms with Gasteiger partial charge in [-0.1, -0.05) is 56.2 Å². The molecular formula is C51H63N2O8S+. The normalized spacial score (nSPS) is 18.2. The van der Waals surface area contributed by atoms with Crippen LogP contribution in [0.4, 0.5) is 11.4 Å². The van der Waals surface area contributed by atoms with Crippen molar-refractivity contribution in [2.75, 3.05) is 32.2 Å². The number of aryl methyl sites for hydroxylation is 1. The highest BCUT2D eigenvalue weighted by Crippen LogP contribution is 2.49. The molecule has 6 rings (SSSR count). The predicted molar refractivity (Wildman–Crippen MR) is 245 cm³/mol. The molecule has 62 heavy (non-hydrogen) atoms. The number of fused-ring (bicyclic) bond motifs is 2. The summed E-state index contributed by atoms with van der Waals surface area (Å²) in [6.07, 6.45) is 17.2. The summed E-state index contributed by atoms with van der Waals surface area (Å²) in [6.45, 7) is 12.4. The standard InChI is InChI=1S/C51H62N2O8S/c1-36-24-28-43-41(34-36)50(2,3)45(52(43)32-15-9-13-22-47(54)59-6)30-25-37-18-17-19-38(49(37)61-39-20-11-8-12-21-39)26-31-46-51(4,5)42-35-40(62(56,57)58)27-29-44(42)53(46)33-16-10-14-23-48(55)60-7/h8,11-12,20-21,24-31,34-35H,9-10,13-19,22-23,32-33H2,1-7H3/p+1. The van der Waals surface area contributed by atoms with Crippen LogP contribution >= 0.6 is 0 Å². The van der Waals surface area contributed by atoms with Crippen molar-refractivity contribution >= 4 is 39.1 Å². The number of carbonyl (C=O) groups excluding carboxylic acids is 2. The van der Waals surface area contributed by atoms with Crippen LogP contribution in [0.5, 0.6) is 5.75 Å². The van der Waals surface area contributed by atoms with Crippen molar-refractivity contribution in [3.8, 4) is 5.75 Å². The van der Waals surface area contributed by atoms with Crippen molar-refractivity contribution < 1.29 is 41.3 Å². The minimum Gasteiger partial charge on any atom is -0.469 e. The highest BCUT2D eigenvalue weighted by molar-refractivity contribution is 7.85. The van der Waals surface area contributed by atoms with Gasteiger partial charge in [-0.15, -0.1) is 0 Å². The van der Waals surface area contributed by atoms with Crippen LogP contribution < -0.4 is 9.64 Å². The van der Waals surface area contributed by atoms with E-state index in [0.717, 1.165) is 97.5 Å². The monoisotopic (exact) mass is 863 g/mol. The molecule has 3 aromatic rings. The second-order valence-corrected chi connectivity index (χ2v) is 19.0. The smallest absolute Gasteiger partial charge is 0.305 e. The molecule has 11 heteroatoms. The number of allylic oxidation sites excluding steroid dienone is 7. The van der Waals surface area contributed by atoms with E-state index in [1.54, 1.807) is 12.1 Å². The Bertz CT molecular complexity index is 2420. The molecule has 0 radical (unpaired) electrons. The number of rotatable bonds is 18. The van der Waals surface area contributed by atoms with Crippen LogP contribution in [0.15, 0.2) is 119 Å². The summed E-state index contributed by atoms with van der Waals surface area (Å²) in [6, 6.07) is 21.4. The molecule has 330 valence electrons. The summed E-state index contributed by atoms with van der Waals surface area (Å²) >= 11 is 0. The number of ether oxygens (including phenoxy) is 3. The third-order valence-corrected chi connectivity index (χ3v) is 13.4. The van der Waals surface area contributed by atoms with Gasteiger partial charge in [-0.05, 0) is 131 Å². The average molecular weight is 864 g/mol. The van der Waals surface area contributed by atoms with Crippen molar-refractivity contribution in [3.05, 3.63) is 130 Å². The van der Waals surface area contributed by atoms with Crippen LogP contribution in [0.1, 0.15) is 115 Å². The number of hydrogen-bond donors (Lipinski definition) is 1. The summed E-state index contributed by atoms with van der Waals surface area (Å²) in [5, 5.41) is 0. The molecule has 0 spiro atoms. The first-order chi connectivity index (χ1) is 29.6. The van der Waals surface area contributed by atoms with Gasteiger partial charge in [0.1, 0.15) is 18.1 Å². The first-order valence-corrected chi connectivity index (χ1v) is 23.4. The summed E-state index contributed by atoms with van der Waals surface area (Å²) in [4.78, 5) is 25.7. The molecule has 0 aromatic heterocycles. The third kappa shape index (κ3) is 10.5. The summed E-state index contributed by atoms with van der Waals surface area (Å²) < 4.78 is 53.5. The first kappa shape index (κ1) is 46.2. The van der Waals surface area contributed by atoms with Gasteiger partial charge in [0.25, 0.3) is 10.1 Å². The van der Waals surface area contributed by atoms with Crippen LogP contribution in [0.2, 0.25) is 0 Å². The lowest BCUT2D eigenvalue weighted by Gasteiger charge is -2.27. The van der Waals surface area contributed by atoms with Gasteiger partial charge in [-0.25, -0.2) is 0 Å². The fourth-order valence-corrected chi connectivity index (χ4v) is 9.55. The zero-order chi connectivity index (χ0) is 44.7. The van der Waals surface area contributed by atoms with E-state index in [-0.39, 0.29) is 22.2 Å². The topological polar surface area (TPSA) is 122 Å². The number of unbranched alkanes of at least 4 members (excludes halogenated alkanes) is 4. The minimum atomic E-state index is -4.41. The Morgan fingerprint density at radius 2 is 1.48 bits per heavy atom. The second-order valence-electron chi connectivity index (χ2n) is 17.6. The quantitative estimate of drug-likeness (QED) is 0.0576. The summed E-state index contributed by atoms with van der Waals surface area (Å²) in [5.41, 5.74) is 8.99. The summed E-state index contributed by atoms with van der Waals surface area (Å²) in [7, 11) is -1.57. The van der Waals surface area contributed by atoms with Crippen LogP contribution in [-0.2, 0) is 40.0 Å². The van der Waals surface area contributed by atoms with E-state index in [9.17, 15) is 22.6 Å². The van der Waals surface area contributed by atoms with Gasteiger partial charge in [0.2, 0.25) is 5.69 Å². The summed E-state index contributed by atoms with van der Waals surface area (Å²) in [5.74, 6) is 1.18. The SMILES string of the molecule is COC(=O)CCCCCN1/C(=C/C=C2\CCCC(/C=C/C3=[N+](CCCCCC(=O)OC)c4ccc(C)cc4C3(C)C)=C2Oc2ccccc2)C(C)(C)c2cc(S(=O)(=O)O)ccc21. The Morgan fingerprint density at radius 1 is 0.790 bits per heavy atom. The van der Waals surface area contributed by atoms with E-state index in [1.165, 1.54) is 42.8 Å². The zero-order valence-corrected chi connectivity index (χ0v) is 38.3. The van der Waals surface area contributed by atoms with E-state index in [0.29, 0.717) is 25.8 Å². The number of nitrogens with zero attached hydrogens (tertiary/aromatic N) is 2. The molecular weight excluding hydrogens is 801 g/mol. The number of methoxy groups -OCH3 is 2. The van der Waals surface area contributed by atoms with Crippen molar-refractivity contribution in [2.24, 2.45) is 0 Å². The number of hydrogen-bond acceptors (Lipinski definition) is 8. The maximum absolute atomic E-state index is 12.3. The zero-order valence-electron chi connectivity index (χ0n) is 37.5. The van der Waals surface area contributed by atoms with E-state index >= 15 is 0 Å². The van der Waals surface area contributed by atoms with E-state index < -0.39 is 15.5 Å². The number of anilines is 1. The Kier molecular flexibility index (Phi) is 14.8. The molecule has 0 fully saturated rings. The van der Waals surface area contributed by atoms with Gasteiger partial charge >= 0.3 is 11.9 Å². The maximum atomic E-state index is 12.3. The lowest BCUT2D eigenvalue weighted by atomic mass is 9.80. The number of benzene rings is 3. The molecule has 0 saturated heterocycles. The highest BCUT2D eigenvalue weighted by Gasteiger charge is 2.44. The first-order valence-electron chi connectivity index (χ1n) is 21.9. The van der Waals surface area contributed by atoms with Crippen molar-refractivity contribution in [3.63, 3.8) is 0 Å². The van der Waals surface area contributed by atoms with Crippen LogP contribution in [0.25, 0.3) is 0 Å². The molecule has 2 aliphatic heterocycles. The average Bonchev–Trinajstić information content (AvgIpc) is 3.59. The van der Waals surface area contributed by atoms with Crippen molar-refractivity contribution in [1.82, 2.24) is 0 Å². The molecule has 0 unspecified atom stereocenters. The largest absolute Gasteiger partial charge is 0.469 e. The van der Waals surface area contributed by atoms with Gasteiger partial charge in [-0.3, -0.25) is 14.1 Å². The molecule has 1 aliphatic carbocycles. The van der Waals surface area contributed by atoms with E-state index in [2.05, 4.69) is 86.6 Å². The van der Waals surface area contributed by atoms with Gasteiger partial charge in [-0.2, -0.15) is 13.0 Å². The Hall–Kier alpha value is -5.26. The molecule has 2 heterocycles. The highest BCUT2D eigenvalue weighted by atomic mass is 32.2. The molecule has 10 nitrogen and oxygen atoms in total. The number of para-hydroxylation sites is 1. The van der Waals surface area contributed by atoms with Gasteiger partial charge < -0.3 is 19.1 Å². The molecule has 0 atom stereocenters. The van der Waals surface area contributed by atoms with Gasteiger partial charge in [0.15, 0.2) is 5.71 Å². The fourth-order valence-electron chi connectivity index (χ4n) is 9.04. The molecule has 0 bridgehead atoms. The number of carbonyl (C=O) groups is 2. The maximum Gasteiger partial charge on any atom is 0.305 e.